The van der Waals surface area contributed by atoms with E-state index in [-0.39, 0.29) is 6.10 Å². The summed E-state index contributed by atoms with van der Waals surface area (Å²) in [5, 5.41) is 0. The predicted molar refractivity (Wildman–Crippen MR) is 50.4 cm³/mol. The Labute approximate surface area is 82.6 Å². The van der Waals surface area contributed by atoms with E-state index < -0.39 is 0 Å². The third-order valence-electron chi connectivity index (χ3n) is 2.43. The van der Waals surface area contributed by atoms with Crippen molar-refractivity contribution in [2.75, 3.05) is 19.8 Å². The quantitative estimate of drug-likeness (QED) is 0.678. The molecule has 0 radical (unpaired) electrons. The van der Waals surface area contributed by atoms with E-state index in [4.69, 9.17) is 14.2 Å². The smallest absolute Gasteiger partial charge is 0.125 e. The van der Waals surface area contributed by atoms with Crippen LogP contribution in [0.4, 0.5) is 0 Å². The van der Waals surface area contributed by atoms with Crippen molar-refractivity contribution in [1.82, 2.24) is 0 Å². The van der Waals surface area contributed by atoms with Gasteiger partial charge < -0.3 is 14.2 Å². The zero-order valence-corrected chi connectivity index (χ0v) is 7.81. The van der Waals surface area contributed by atoms with Gasteiger partial charge in [0.15, 0.2) is 0 Å². The second-order valence-corrected chi connectivity index (χ2v) is 3.63. The Hall–Kier alpha value is -1.06. The average Bonchev–Trinajstić information content (AvgIpc) is 3.07. The van der Waals surface area contributed by atoms with Crippen molar-refractivity contribution in [3.63, 3.8) is 0 Å². The highest BCUT2D eigenvalue weighted by atomic mass is 16.6. The molecule has 0 aliphatic carbocycles. The molecule has 74 valence electrons. The molecule has 0 aromatic heterocycles. The van der Waals surface area contributed by atoms with Crippen molar-refractivity contribution in [2.45, 2.75) is 12.2 Å². The van der Waals surface area contributed by atoms with Crippen LogP contribution in [0.3, 0.4) is 0 Å². The van der Waals surface area contributed by atoms with Crippen LogP contribution in [0.15, 0.2) is 24.3 Å². The highest BCUT2D eigenvalue weighted by Gasteiger charge is 2.29. The molecular weight excluding hydrogens is 180 g/mol. The van der Waals surface area contributed by atoms with E-state index in [9.17, 15) is 0 Å². The summed E-state index contributed by atoms with van der Waals surface area (Å²) in [6.45, 7) is 2.31. The van der Waals surface area contributed by atoms with E-state index in [0.717, 1.165) is 24.5 Å². The van der Waals surface area contributed by atoms with E-state index in [1.807, 2.05) is 18.2 Å². The summed E-state index contributed by atoms with van der Waals surface area (Å²) >= 11 is 0. The molecule has 3 nitrogen and oxygen atoms in total. The molecule has 2 heterocycles. The molecule has 2 aliphatic heterocycles. The third kappa shape index (κ3) is 1.74. The minimum Gasteiger partial charge on any atom is -0.490 e. The highest BCUT2D eigenvalue weighted by Crippen LogP contribution is 2.36. The van der Waals surface area contributed by atoms with Crippen molar-refractivity contribution in [3.05, 3.63) is 29.8 Å². The van der Waals surface area contributed by atoms with Crippen molar-refractivity contribution in [3.8, 4) is 5.75 Å². The molecule has 3 heteroatoms. The molecular formula is C11H12O3. The van der Waals surface area contributed by atoms with Gasteiger partial charge in [-0.2, -0.15) is 0 Å². The van der Waals surface area contributed by atoms with Gasteiger partial charge >= 0.3 is 0 Å². The van der Waals surface area contributed by atoms with Crippen LogP contribution in [0.25, 0.3) is 0 Å². The maximum absolute atomic E-state index is 5.66. The summed E-state index contributed by atoms with van der Waals surface area (Å²) in [5.41, 5.74) is 1.16. The first kappa shape index (κ1) is 8.26. The first-order chi connectivity index (χ1) is 6.93. The Morgan fingerprint density at radius 3 is 2.71 bits per heavy atom. The average molecular weight is 192 g/mol. The zero-order valence-electron chi connectivity index (χ0n) is 7.81. The number of epoxide rings is 2. The molecule has 14 heavy (non-hydrogen) atoms. The van der Waals surface area contributed by atoms with Gasteiger partial charge in [-0.15, -0.1) is 0 Å². The van der Waals surface area contributed by atoms with Gasteiger partial charge in [-0.05, 0) is 6.07 Å². The van der Waals surface area contributed by atoms with E-state index >= 15 is 0 Å². The van der Waals surface area contributed by atoms with Gasteiger partial charge in [-0.25, -0.2) is 0 Å². The molecule has 1 aromatic carbocycles. The van der Waals surface area contributed by atoms with Gasteiger partial charge in [0.2, 0.25) is 0 Å². The van der Waals surface area contributed by atoms with E-state index in [0.29, 0.717) is 12.7 Å². The van der Waals surface area contributed by atoms with Gasteiger partial charge in [-0.3, -0.25) is 0 Å². The largest absolute Gasteiger partial charge is 0.490 e. The topological polar surface area (TPSA) is 34.3 Å². The second kappa shape index (κ2) is 3.26. The molecule has 2 fully saturated rings. The van der Waals surface area contributed by atoms with E-state index in [2.05, 4.69) is 6.07 Å². The maximum Gasteiger partial charge on any atom is 0.125 e. The van der Waals surface area contributed by atoms with Crippen molar-refractivity contribution < 1.29 is 14.2 Å². The Morgan fingerprint density at radius 2 is 2.00 bits per heavy atom. The Morgan fingerprint density at radius 1 is 1.21 bits per heavy atom. The molecule has 1 aromatic rings. The van der Waals surface area contributed by atoms with Crippen LogP contribution in [-0.2, 0) is 9.47 Å². The van der Waals surface area contributed by atoms with Crippen LogP contribution in [0, 0.1) is 0 Å². The molecule has 2 saturated heterocycles. The normalized spacial score (nSPS) is 28.6. The van der Waals surface area contributed by atoms with Gasteiger partial charge in [0.05, 0.1) is 13.2 Å². The molecule has 2 unspecified atom stereocenters. The lowest BCUT2D eigenvalue weighted by molar-refractivity contribution is 0.259. The lowest BCUT2D eigenvalue weighted by Crippen LogP contribution is -2.05. The standard InChI is InChI=1S/C11H12O3/c1-2-4-10(13-6-8-5-12-8)9(3-1)11-7-14-11/h1-4,8,11H,5-7H2. The summed E-state index contributed by atoms with van der Waals surface area (Å²) in [6, 6.07) is 8.03. The SMILES string of the molecule is c1ccc(C2CO2)c(OCC2CO2)c1. The van der Waals surface area contributed by atoms with Gasteiger partial charge in [-0.1, -0.05) is 18.2 Å². The number of benzene rings is 1. The summed E-state index contributed by atoms with van der Waals surface area (Å²) in [5.74, 6) is 0.936. The Balaban J connectivity index is 1.73. The molecule has 0 amide bonds. The Kier molecular flexibility index (Phi) is 1.92. The first-order valence-electron chi connectivity index (χ1n) is 4.88. The van der Waals surface area contributed by atoms with Gasteiger partial charge in [0.1, 0.15) is 24.6 Å². The van der Waals surface area contributed by atoms with Crippen molar-refractivity contribution in [1.29, 1.82) is 0 Å². The monoisotopic (exact) mass is 192 g/mol. The fraction of sp³-hybridized carbons (Fsp3) is 0.455. The number of hydrogen-bond donors (Lipinski definition) is 0. The predicted octanol–water partition coefficient (Wildman–Crippen LogP) is 1.54. The molecule has 0 spiro atoms. The van der Waals surface area contributed by atoms with Crippen LogP contribution >= 0.6 is 0 Å². The van der Waals surface area contributed by atoms with E-state index in [1.165, 1.54) is 0 Å². The van der Waals surface area contributed by atoms with E-state index in [1.54, 1.807) is 0 Å². The van der Waals surface area contributed by atoms with Crippen LogP contribution < -0.4 is 4.74 Å². The number of para-hydroxylation sites is 1. The van der Waals surface area contributed by atoms with Crippen LogP contribution in [-0.4, -0.2) is 25.9 Å². The zero-order chi connectivity index (χ0) is 9.38. The fourth-order valence-electron chi connectivity index (χ4n) is 1.45. The van der Waals surface area contributed by atoms with Crippen molar-refractivity contribution >= 4 is 0 Å². The molecule has 0 saturated carbocycles. The van der Waals surface area contributed by atoms with Crippen molar-refractivity contribution in [2.24, 2.45) is 0 Å². The second-order valence-electron chi connectivity index (χ2n) is 3.63. The summed E-state index contributed by atoms with van der Waals surface area (Å²) in [6.07, 6.45) is 0.564. The minimum absolute atomic E-state index is 0.256. The first-order valence-corrected chi connectivity index (χ1v) is 4.88. The number of hydrogen-bond acceptors (Lipinski definition) is 3. The lowest BCUT2D eigenvalue weighted by atomic mass is 10.1. The molecule has 2 aliphatic rings. The molecule has 0 bridgehead atoms. The number of ether oxygens (including phenoxy) is 3. The Bertz CT molecular complexity index is 329. The van der Waals surface area contributed by atoms with Crippen LogP contribution in [0.5, 0.6) is 5.75 Å². The summed E-state index contributed by atoms with van der Waals surface area (Å²) in [7, 11) is 0. The molecule has 3 rings (SSSR count). The van der Waals surface area contributed by atoms with Gasteiger partial charge in [0, 0.05) is 5.56 Å². The third-order valence-corrected chi connectivity index (χ3v) is 2.43. The number of rotatable bonds is 4. The fourth-order valence-corrected chi connectivity index (χ4v) is 1.45. The highest BCUT2D eigenvalue weighted by molar-refractivity contribution is 5.36. The lowest BCUT2D eigenvalue weighted by Gasteiger charge is -2.08. The van der Waals surface area contributed by atoms with Gasteiger partial charge in [0.25, 0.3) is 0 Å². The van der Waals surface area contributed by atoms with Crippen LogP contribution in [0.1, 0.15) is 11.7 Å². The van der Waals surface area contributed by atoms with Crippen LogP contribution in [0.2, 0.25) is 0 Å². The maximum atomic E-state index is 5.66. The molecule has 0 N–H and O–H groups in total. The summed E-state index contributed by atoms with van der Waals surface area (Å²) in [4.78, 5) is 0. The summed E-state index contributed by atoms with van der Waals surface area (Å²) < 4.78 is 16.0. The minimum atomic E-state index is 0.256. The molecule has 2 atom stereocenters.